The lowest BCUT2D eigenvalue weighted by Gasteiger charge is -2.17. The molecule has 104 valence electrons. The van der Waals surface area contributed by atoms with Crippen molar-refractivity contribution in [2.45, 2.75) is 25.7 Å². The van der Waals surface area contributed by atoms with Crippen LogP contribution >= 0.6 is 23.2 Å². The average molecular weight is 305 g/mol. The summed E-state index contributed by atoms with van der Waals surface area (Å²) >= 11 is 11.6. The molecule has 0 radical (unpaired) electrons. The minimum Gasteiger partial charge on any atom is -0.349 e. The van der Waals surface area contributed by atoms with Crippen LogP contribution in [0.15, 0.2) is 12.3 Å². The summed E-state index contributed by atoms with van der Waals surface area (Å²) in [5.74, 6) is -0.921. The zero-order valence-electron chi connectivity index (χ0n) is 10.6. The number of carbonyl (C=O) groups is 1. The van der Waals surface area contributed by atoms with Gasteiger partial charge in [-0.1, -0.05) is 23.2 Å². The summed E-state index contributed by atoms with van der Waals surface area (Å²) in [4.78, 5) is 15.7. The fourth-order valence-corrected chi connectivity index (χ4v) is 2.10. The second-order valence-electron chi connectivity index (χ2n) is 4.65. The third kappa shape index (κ3) is 3.79. The topological polar surface area (TPSA) is 60.5 Å². The largest absolute Gasteiger partial charge is 0.349 e. The van der Waals surface area contributed by atoms with Crippen LogP contribution in [-0.2, 0) is 9.47 Å². The minimum absolute atomic E-state index is 0.171. The van der Waals surface area contributed by atoms with Crippen LogP contribution in [0.5, 0.6) is 0 Å². The lowest BCUT2D eigenvalue weighted by atomic mass is 10.2. The van der Waals surface area contributed by atoms with E-state index < -0.39 is 5.79 Å². The van der Waals surface area contributed by atoms with Crippen LogP contribution in [0.1, 0.15) is 24.2 Å². The monoisotopic (exact) mass is 304 g/mol. The van der Waals surface area contributed by atoms with E-state index in [2.05, 4.69) is 10.3 Å². The average Bonchev–Trinajstić information content (AvgIpc) is 2.69. The van der Waals surface area contributed by atoms with Gasteiger partial charge in [0, 0.05) is 12.7 Å². The second-order valence-corrected chi connectivity index (χ2v) is 5.44. The van der Waals surface area contributed by atoms with Gasteiger partial charge >= 0.3 is 0 Å². The molecule has 1 N–H and O–H groups in total. The quantitative estimate of drug-likeness (QED) is 0.870. The molecule has 0 spiro atoms. The van der Waals surface area contributed by atoms with Crippen molar-refractivity contribution in [1.29, 1.82) is 0 Å². The molecule has 2 heterocycles. The standard InChI is InChI=1S/C12H14Cl2N2O3/c1-12(2)18-6-7(19-12)4-16-11(17)8-3-10(14)15-5-9(8)13/h3,5,7H,4,6H2,1-2H3,(H,16,17). The lowest BCUT2D eigenvalue weighted by molar-refractivity contribution is -0.137. The molecular formula is C12H14Cl2N2O3. The fourth-order valence-electron chi connectivity index (χ4n) is 1.75. The number of hydrogen-bond acceptors (Lipinski definition) is 4. The van der Waals surface area contributed by atoms with Crippen LogP contribution in [0.2, 0.25) is 10.2 Å². The molecule has 1 unspecified atom stereocenters. The zero-order chi connectivity index (χ0) is 14.0. The summed E-state index contributed by atoms with van der Waals surface area (Å²) in [5.41, 5.74) is 0.292. The van der Waals surface area contributed by atoms with Gasteiger partial charge in [-0.15, -0.1) is 0 Å². The first kappa shape index (κ1) is 14.5. The van der Waals surface area contributed by atoms with Gasteiger partial charge in [0.15, 0.2) is 5.79 Å². The number of amides is 1. The van der Waals surface area contributed by atoms with Gasteiger partial charge in [-0.3, -0.25) is 4.79 Å². The SMILES string of the molecule is CC1(C)OCC(CNC(=O)c2cc(Cl)ncc2Cl)O1. The molecule has 2 rings (SSSR count). The lowest BCUT2D eigenvalue weighted by Crippen LogP contribution is -2.34. The van der Waals surface area contributed by atoms with Gasteiger partial charge in [-0.25, -0.2) is 4.98 Å². The molecule has 0 bridgehead atoms. The molecule has 1 fully saturated rings. The van der Waals surface area contributed by atoms with Crippen molar-refractivity contribution >= 4 is 29.1 Å². The number of rotatable bonds is 3. The summed E-state index contributed by atoms with van der Waals surface area (Å²) < 4.78 is 11.0. The van der Waals surface area contributed by atoms with E-state index in [1.165, 1.54) is 12.3 Å². The molecule has 1 atom stereocenters. The maximum atomic E-state index is 12.0. The van der Waals surface area contributed by atoms with Crippen LogP contribution in [0.3, 0.4) is 0 Å². The third-order valence-electron chi connectivity index (χ3n) is 2.62. The third-order valence-corrected chi connectivity index (χ3v) is 3.13. The Balaban J connectivity index is 1.93. The van der Waals surface area contributed by atoms with Crippen LogP contribution in [-0.4, -0.2) is 35.9 Å². The molecule has 1 aliphatic heterocycles. The van der Waals surface area contributed by atoms with Crippen molar-refractivity contribution in [2.24, 2.45) is 0 Å². The molecule has 1 aromatic heterocycles. The molecule has 7 heteroatoms. The van der Waals surface area contributed by atoms with Crippen molar-refractivity contribution in [3.63, 3.8) is 0 Å². The summed E-state index contributed by atoms with van der Waals surface area (Å²) in [6.45, 7) is 4.44. The van der Waals surface area contributed by atoms with Gasteiger partial charge in [0.25, 0.3) is 5.91 Å². The second kappa shape index (κ2) is 5.63. The molecule has 19 heavy (non-hydrogen) atoms. The molecule has 0 aliphatic carbocycles. The molecule has 0 aromatic carbocycles. The molecule has 0 saturated carbocycles. The number of carbonyl (C=O) groups excluding carboxylic acids is 1. The first-order chi connectivity index (χ1) is 8.87. The van der Waals surface area contributed by atoms with Crippen molar-refractivity contribution < 1.29 is 14.3 Å². The fraction of sp³-hybridized carbons (Fsp3) is 0.500. The molecule has 1 aromatic rings. The van der Waals surface area contributed by atoms with Crippen molar-refractivity contribution in [3.05, 3.63) is 28.0 Å². The van der Waals surface area contributed by atoms with E-state index in [0.29, 0.717) is 18.7 Å². The highest BCUT2D eigenvalue weighted by Crippen LogP contribution is 2.22. The Morgan fingerprint density at radius 1 is 1.58 bits per heavy atom. The van der Waals surface area contributed by atoms with E-state index in [1.807, 2.05) is 13.8 Å². The number of hydrogen-bond donors (Lipinski definition) is 1. The number of pyridine rings is 1. The van der Waals surface area contributed by atoms with Crippen molar-refractivity contribution in [2.75, 3.05) is 13.2 Å². The van der Waals surface area contributed by atoms with E-state index in [-0.39, 0.29) is 22.2 Å². The van der Waals surface area contributed by atoms with Crippen molar-refractivity contribution in [1.82, 2.24) is 10.3 Å². The van der Waals surface area contributed by atoms with Crippen molar-refractivity contribution in [3.8, 4) is 0 Å². The van der Waals surface area contributed by atoms with Crippen LogP contribution in [0, 0.1) is 0 Å². The Bertz CT molecular complexity index is 494. The molecule has 1 amide bonds. The first-order valence-electron chi connectivity index (χ1n) is 5.78. The maximum Gasteiger partial charge on any atom is 0.253 e. The Hall–Kier alpha value is -0.880. The predicted octanol–water partition coefficient (Wildman–Crippen LogP) is 2.27. The summed E-state index contributed by atoms with van der Waals surface area (Å²) in [7, 11) is 0. The van der Waals surface area contributed by atoms with Gasteiger partial charge in [0.05, 0.1) is 17.2 Å². The molecule has 1 saturated heterocycles. The Labute approximate surface area is 121 Å². The normalized spacial score (nSPS) is 21.4. The van der Waals surface area contributed by atoms with E-state index in [1.54, 1.807) is 0 Å². The van der Waals surface area contributed by atoms with E-state index >= 15 is 0 Å². The van der Waals surface area contributed by atoms with Gasteiger partial charge in [-0.2, -0.15) is 0 Å². The molecular weight excluding hydrogens is 291 g/mol. The summed E-state index contributed by atoms with van der Waals surface area (Å²) in [6.07, 6.45) is 1.17. The molecule has 5 nitrogen and oxygen atoms in total. The summed E-state index contributed by atoms with van der Waals surface area (Å²) in [6, 6.07) is 1.43. The Kier molecular flexibility index (Phi) is 4.30. The molecule has 1 aliphatic rings. The highest BCUT2D eigenvalue weighted by molar-refractivity contribution is 6.35. The van der Waals surface area contributed by atoms with E-state index in [4.69, 9.17) is 32.7 Å². The van der Waals surface area contributed by atoms with E-state index in [9.17, 15) is 4.79 Å². The number of halogens is 2. The zero-order valence-corrected chi connectivity index (χ0v) is 12.1. The first-order valence-corrected chi connectivity index (χ1v) is 6.54. The highest BCUT2D eigenvalue weighted by Gasteiger charge is 2.32. The number of ether oxygens (including phenoxy) is 2. The van der Waals surface area contributed by atoms with Crippen LogP contribution < -0.4 is 5.32 Å². The minimum atomic E-state index is -0.604. The smallest absolute Gasteiger partial charge is 0.253 e. The van der Waals surface area contributed by atoms with Gasteiger partial charge in [0.1, 0.15) is 11.3 Å². The maximum absolute atomic E-state index is 12.0. The van der Waals surface area contributed by atoms with Gasteiger partial charge in [-0.05, 0) is 19.9 Å². The number of nitrogens with one attached hydrogen (secondary N) is 1. The Morgan fingerprint density at radius 3 is 2.95 bits per heavy atom. The predicted molar refractivity (Wildman–Crippen MR) is 71.5 cm³/mol. The van der Waals surface area contributed by atoms with Crippen LogP contribution in [0.25, 0.3) is 0 Å². The van der Waals surface area contributed by atoms with Crippen LogP contribution in [0.4, 0.5) is 0 Å². The van der Waals surface area contributed by atoms with Gasteiger partial charge < -0.3 is 14.8 Å². The Morgan fingerprint density at radius 2 is 2.32 bits per heavy atom. The van der Waals surface area contributed by atoms with E-state index in [0.717, 1.165) is 0 Å². The number of aromatic nitrogens is 1. The highest BCUT2D eigenvalue weighted by atomic mass is 35.5. The van der Waals surface area contributed by atoms with Gasteiger partial charge in [0.2, 0.25) is 0 Å². The number of nitrogens with zero attached hydrogens (tertiary/aromatic N) is 1. The summed E-state index contributed by atoms with van der Waals surface area (Å²) in [5, 5.41) is 3.21.